The van der Waals surface area contributed by atoms with Crippen molar-refractivity contribution in [3.05, 3.63) is 29.3 Å². The number of nitrogens with zero attached hydrogens (tertiary/aromatic N) is 1. The summed E-state index contributed by atoms with van der Waals surface area (Å²) < 4.78 is 43.7. The van der Waals surface area contributed by atoms with Gasteiger partial charge in [0.2, 0.25) is 0 Å². The van der Waals surface area contributed by atoms with Gasteiger partial charge in [-0.1, -0.05) is 0 Å². The van der Waals surface area contributed by atoms with Crippen LogP contribution in [0.1, 0.15) is 29.8 Å². The van der Waals surface area contributed by atoms with E-state index >= 15 is 0 Å². The zero-order chi connectivity index (χ0) is 15.8. The molecule has 0 unspecified atom stereocenters. The summed E-state index contributed by atoms with van der Waals surface area (Å²) in [7, 11) is 0. The zero-order valence-electron chi connectivity index (χ0n) is 11.8. The van der Waals surface area contributed by atoms with Gasteiger partial charge in [0.25, 0.3) is 5.91 Å². The molecule has 2 N–H and O–H groups in total. The molecular weight excluding hydrogens is 285 g/mol. The fraction of sp³-hybridized carbons (Fsp3) is 0.500. The number of rotatable bonds is 1. The van der Waals surface area contributed by atoms with E-state index in [4.69, 9.17) is 10.5 Å². The summed E-state index contributed by atoms with van der Waals surface area (Å²) in [4.78, 5) is 13.9. The number of carbonyl (C=O) groups excluding carboxylic acids is 1. The lowest BCUT2D eigenvalue weighted by atomic mass is 10.0. The molecule has 0 aromatic heterocycles. The first-order valence-electron chi connectivity index (χ1n) is 6.50. The van der Waals surface area contributed by atoms with E-state index in [2.05, 4.69) is 0 Å². The van der Waals surface area contributed by atoms with Crippen molar-refractivity contribution in [3.63, 3.8) is 0 Å². The Morgan fingerprint density at radius 3 is 2.62 bits per heavy atom. The molecule has 1 saturated heterocycles. The smallest absolute Gasteiger partial charge is 0.398 e. The van der Waals surface area contributed by atoms with Gasteiger partial charge >= 0.3 is 6.18 Å². The molecule has 116 valence electrons. The van der Waals surface area contributed by atoms with Crippen LogP contribution >= 0.6 is 0 Å². The van der Waals surface area contributed by atoms with Crippen LogP contribution < -0.4 is 5.73 Å². The Morgan fingerprint density at radius 1 is 1.38 bits per heavy atom. The van der Waals surface area contributed by atoms with Crippen LogP contribution in [0.25, 0.3) is 0 Å². The molecule has 1 amide bonds. The van der Waals surface area contributed by atoms with Crippen LogP contribution in [0.3, 0.4) is 0 Å². The van der Waals surface area contributed by atoms with Crippen molar-refractivity contribution in [3.8, 4) is 0 Å². The predicted octanol–water partition coefficient (Wildman–Crippen LogP) is 2.54. The van der Waals surface area contributed by atoms with Crippen molar-refractivity contribution in [1.82, 2.24) is 4.90 Å². The predicted molar refractivity (Wildman–Crippen MR) is 71.8 cm³/mol. The number of halogens is 3. The molecule has 0 spiro atoms. The van der Waals surface area contributed by atoms with Crippen molar-refractivity contribution in [2.24, 2.45) is 0 Å². The Labute approximate surface area is 120 Å². The molecule has 0 aliphatic carbocycles. The number of hydrogen-bond donors (Lipinski definition) is 1. The van der Waals surface area contributed by atoms with E-state index < -0.39 is 23.2 Å². The lowest BCUT2D eigenvalue weighted by molar-refractivity contribution is -0.137. The van der Waals surface area contributed by atoms with Crippen molar-refractivity contribution in [2.75, 3.05) is 25.4 Å². The second-order valence-corrected chi connectivity index (χ2v) is 5.63. The zero-order valence-corrected chi connectivity index (χ0v) is 11.8. The Kier molecular flexibility index (Phi) is 3.88. The molecule has 1 fully saturated rings. The Balaban J connectivity index is 2.30. The molecular formula is C14H17F3N2O2. The average Bonchev–Trinajstić information content (AvgIpc) is 2.36. The molecule has 0 bridgehead atoms. The van der Waals surface area contributed by atoms with Crippen LogP contribution in [0.2, 0.25) is 0 Å². The normalized spacial score (nSPS) is 18.6. The van der Waals surface area contributed by atoms with Crippen molar-refractivity contribution in [1.29, 1.82) is 0 Å². The fourth-order valence-corrected chi connectivity index (χ4v) is 2.28. The van der Waals surface area contributed by atoms with Gasteiger partial charge in [-0.15, -0.1) is 0 Å². The van der Waals surface area contributed by atoms with Crippen LogP contribution in [-0.2, 0) is 10.9 Å². The number of anilines is 1. The number of amides is 1. The van der Waals surface area contributed by atoms with Gasteiger partial charge in [-0.3, -0.25) is 4.79 Å². The van der Waals surface area contributed by atoms with Crippen LogP contribution in [0.5, 0.6) is 0 Å². The second-order valence-electron chi connectivity index (χ2n) is 5.63. The van der Waals surface area contributed by atoms with E-state index in [1.165, 1.54) is 4.90 Å². The van der Waals surface area contributed by atoms with Crippen molar-refractivity contribution >= 4 is 11.6 Å². The topological polar surface area (TPSA) is 55.6 Å². The summed E-state index contributed by atoms with van der Waals surface area (Å²) in [5.74, 6) is -0.505. The van der Waals surface area contributed by atoms with Gasteiger partial charge in [0.15, 0.2) is 0 Å². The first-order chi connectivity index (χ1) is 9.60. The molecule has 0 atom stereocenters. The minimum atomic E-state index is -4.51. The van der Waals surface area contributed by atoms with E-state index in [1.54, 1.807) is 0 Å². The summed E-state index contributed by atoms with van der Waals surface area (Å²) in [6, 6.07) is 2.79. The van der Waals surface area contributed by atoms with Crippen LogP contribution in [0.15, 0.2) is 18.2 Å². The SMILES string of the molecule is CC1(C)CN(C(=O)c2cc(C(F)(F)F)ccc2N)CCO1. The third-order valence-electron chi connectivity index (χ3n) is 3.32. The molecule has 1 aliphatic rings. The first-order valence-corrected chi connectivity index (χ1v) is 6.50. The van der Waals surface area contributed by atoms with E-state index in [0.717, 1.165) is 18.2 Å². The number of ether oxygens (including phenoxy) is 1. The highest BCUT2D eigenvalue weighted by atomic mass is 19.4. The number of benzene rings is 1. The van der Waals surface area contributed by atoms with Gasteiger partial charge in [0, 0.05) is 18.8 Å². The molecule has 1 aliphatic heterocycles. The Morgan fingerprint density at radius 2 is 2.05 bits per heavy atom. The molecule has 4 nitrogen and oxygen atoms in total. The van der Waals surface area contributed by atoms with Gasteiger partial charge < -0.3 is 15.4 Å². The van der Waals surface area contributed by atoms with E-state index in [1.807, 2.05) is 13.8 Å². The van der Waals surface area contributed by atoms with Gasteiger partial charge in [-0.05, 0) is 32.0 Å². The maximum Gasteiger partial charge on any atom is 0.416 e. The summed E-state index contributed by atoms with van der Waals surface area (Å²) >= 11 is 0. The molecule has 1 aromatic carbocycles. The van der Waals surface area contributed by atoms with Crippen molar-refractivity contribution < 1.29 is 22.7 Å². The van der Waals surface area contributed by atoms with Gasteiger partial charge in [0.1, 0.15) is 0 Å². The largest absolute Gasteiger partial charge is 0.416 e. The highest BCUT2D eigenvalue weighted by Gasteiger charge is 2.34. The molecule has 1 heterocycles. The molecule has 7 heteroatoms. The Bertz CT molecular complexity index is 556. The van der Waals surface area contributed by atoms with E-state index in [-0.39, 0.29) is 11.3 Å². The standard InChI is InChI=1S/C14H17F3N2O2/c1-13(2)8-19(5-6-21-13)12(20)10-7-9(14(15,16)17)3-4-11(10)18/h3-4,7H,5-6,8,18H2,1-2H3. The summed E-state index contributed by atoms with van der Waals surface area (Å²) in [6.45, 7) is 4.63. The molecule has 2 rings (SSSR count). The van der Waals surface area contributed by atoms with Gasteiger partial charge in [-0.2, -0.15) is 13.2 Å². The lowest BCUT2D eigenvalue weighted by Gasteiger charge is -2.38. The van der Waals surface area contributed by atoms with Gasteiger partial charge in [-0.25, -0.2) is 0 Å². The van der Waals surface area contributed by atoms with E-state index in [9.17, 15) is 18.0 Å². The minimum Gasteiger partial charge on any atom is -0.398 e. The quantitative estimate of drug-likeness (QED) is 0.811. The second kappa shape index (κ2) is 5.22. The summed E-state index contributed by atoms with van der Waals surface area (Å²) in [5.41, 5.74) is 4.17. The van der Waals surface area contributed by atoms with E-state index in [0.29, 0.717) is 19.7 Å². The molecule has 0 saturated carbocycles. The third kappa shape index (κ3) is 3.47. The first kappa shape index (κ1) is 15.6. The monoisotopic (exact) mass is 302 g/mol. The highest BCUT2D eigenvalue weighted by Crippen LogP contribution is 2.32. The average molecular weight is 302 g/mol. The van der Waals surface area contributed by atoms with Crippen molar-refractivity contribution in [2.45, 2.75) is 25.6 Å². The number of nitrogen functional groups attached to an aromatic ring is 1. The number of carbonyl (C=O) groups is 1. The molecule has 0 radical (unpaired) electrons. The molecule has 1 aromatic rings. The number of morpholine rings is 1. The van der Waals surface area contributed by atoms with Gasteiger partial charge in [0.05, 0.1) is 23.3 Å². The number of nitrogens with two attached hydrogens (primary N) is 1. The van der Waals surface area contributed by atoms with Crippen LogP contribution in [-0.4, -0.2) is 36.1 Å². The maximum absolute atomic E-state index is 12.7. The summed E-state index contributed by atoms with van der Waals surface area (Å²) in [6.07, 6.45) is -4.51. The number of alkyl halides is 3. The lowest BCUT2D eigenvalue weighted by Crippen LogP contribution is -2.50. The third-order valence-corrected chi connectivity index (χ3v) is 3.32. The van der Waals surface area contributed by atoms with Crippen LogP contribution in [0.4, 0.5) is 18.9 Å². The summed E-state index contributed by atoms with van der Waals surface area (Å²) in [5, 5.41) is 0. The highest BCUT2D eigenvalue weighted by molar-refractivity contribution is 5.99. The maximum atomic E-state index is 12.7. The minimum absolute atomic E-state index is 0.0392. The Hall–Kier alpha value is -1.76. The fourth-order valence-electron chi connectivity index (χ4n) is 2.28. The van der Waals surface area contributed by atoms with Crippen LogP contribution in [0, 0.1) is 0 Å². The molecule has 21 heavy (non-hydrogen) atoms. The number of hydrogen-bond acceptors (Lipinski definition) is 3.